The number of carbonyl (C=O) groups excluding carboxylic acids is 1. The first-order valence-corrected chi connectivity index (χ1v) is 9.88. The van der Waals surface area contributed by atoms with Crippen molar-refractivity contribution in [3.8, 4) is 0 Å². The van der Waals surface area contributed by atoms with Crippen LogP contribution < -0.4 is 0 Å². The fourth-order valence-electron chi connectivity index (χ4n) is 3.75. The van der Waals surface area contributed by atoms with Crippen LogP contribution in [-0.4, -0.2) is 65.6 Å². The van der Waals surface area contributed by atoms with Crippen LogP contribution in [0.3, 0.4) is 0 Å². The molecule has 2 saturated heterocycles. The summed E-state index contributed by atoms with van der Waals surface area (Å²) in [5.74, 6) is 0.973. The minimum Gasteiger partial charge on any atom is -0.341 e. The maximum Gasteiger partial charge on any atom is 0.236 e. The number of aromatic nitrogens is 2. The SMILES string of the molecule is CCS(=O)(=O)N1C[C@@H]2CN(C(=O)C(C)C)C[C@]2(c2nc(C)no2)C1. The Bertz CT molecular complexity index is 744. The number of carbonyl (C=O) groups is 1. The van der Waals surface area contributed by atoms with E-state index in [9.17, 15) is 13.2 Å². The topological polar surface area (TPSA) is 96.6 Å². The molecule has 3 heterocycles. The van der Waals surface area contributed by atoms with E-state index in [0.29, 0.717) is 31.3 Å². The lowest BCUT2D eigenvalue weighted by Gasteiger charge is -2.26. The molecule has 0 saturated carbocycles. The van der Waals surface area contributed by atoms with Gasteiger partial charge in [-0.2, -0.15) is 4.98 Å². The number of likely N-dealkylation sites (tertiary alicyclic amines) is 1. The molecular formula is C15H24N4O4S. The largest absolute Gasteiger partial charge is 0.341 e. The van der Waals surface area contributed by atoms with Crippen molar-refractivity contribution in [2.75, 3.05) is 31.9 Å². The zero-order valence-electron chi connectivity index (χ0n) is 14.5. The molecule has 9 heteroatoms. The molecule has 3 rings (SSSR count). The Morgan fingerprint density at radius 2 is 2.08 bits per heavy atom. The molecule has 2 aliphatic rings. The van der Waals surface area contributed by atoms with Gasteiger partial charge in [-0.25, -0.2) is 12.7 Å². The number of fused-ring (bicyclic) bond motifs is 1. The van der Waals surface area contributed by atoms with Crippen molar-refractivity contribution in [1.29, 1.82) is 0 Å². The number of amides is 1. The highest BCUT2D eigenvalue weighted by molar-refractivity contribution is 7.89. The Balaban J connectivity index is 1.96. The zero-order valence-corrected chi connectivity index (χ0v) is 15.3. The highest BCUT2D eigenvalue weighted by atomic mass is 32.2. The van der Waals surface area contributed by atoms with Crippen molar-refractivity contribution < 1.29 is 17.7 Å². The first kappa shape index (κ1) is 17.3. The van der Waals surface area contributed by atoms with E-state index < -0.39 is 15.4 Å². The summed E-state index contributed by atoms with van der Waals surface area (Å²) in [5.41, 5.74) is -0.603. The molecule has 1 aromatic rings. The first-order valence-electron chi connectivity index (χ1n) is 8.27. The van der Waals surface area contributed by atoms with Crippen molar-refractivity contribution >= 4 is 15.9 Å². The molecule has 0 aliphatic carbocycles. The van der Waals surface area contributed by atoms with Gasteiger partial charge in [0.15, 0.2) is 5.82 Å². The first-order chi connectivity index (χ1) is 11.2. The van der Waals surface area contributed by atoms with Crippen LogP contribution in [0.1, 0.15) is 32.5 Å². The fourth-order valence-corrected chi connectivity index (χ4v) is 4.95. The highest BCUT2D eigenvalue weighted by Gasteiger charge is 2.59. The molecule has 0 aromatic carbocycles. The van der Waals surface area contributed by atoms with Crippen molar-refractivity contribution in [2.45, 2.75) is 33.1 Å². The zero-order chi connectivity index (χ0) is 17.7. The van der Waals surface area contributed by atoms with Crippen LogP contribution in [-0.2, 0) is 20.2 Å². The molecule has 24 heavy (non-hydrogen) atoms. The average molecular weight is 356 g/mol. The molecule has 134 valence electrons. The molecule has 0 bridgehead atoms. The van der Waals surface area contributed by atoms with Gasteiger partial charge >= 0.3 is 0 Å². The van der Waals surface area contributed by atoms with Crippen LogP contribution in [0.4, 0.5) is 0 Å². The predicted molar refractivity (Wildman–Crippen MR) is 86.7 cm³/mol. The summed E-state index contributed by atoms with van der Waals surface area (Å²) in [5, 5.41) is 3.87. The summed E-state index contributed by atoms with van der Waals surface area (Å²) < 4.78 is 31.6. The molecule has 0 spiro atoms. The minimum atomic E-state index is -3.29. The average Bonchev–Trinajstić information content (AvgIpc) is 3.18. The van der Waals surface area contributed by atoms with Gasteiger partial charge in [-0.3, -0.25) is 4.79 Å². The van der Waals surface area contributed by atoms with Crippen LogP contribution in [0.5, 0.6) is 0 Å². The van der Waals surface area contributed by atoms with E-state index in [1.165, 1.54) is 4.31 Å². The quantitative estimate of drug-likeness (QED) is 0.774. The Kier molecular flexibility index (Phi) is 4.19. The van der Waals surface area contributed by atoms with Gasteiger partial charge in [0.1, 0.15) is 0 Å². The smallest absolute Gasteiger partial charge is 0.236 e. The van der Waals surface area contributed by atoms with Gasteiger partial charge in [-0.1, -0.05) is 19.0 Å². The van der Waals surface area contributed by atoms with E-state index in [0.717, 1.165) is 0 Å². The normalized spacial score (nSPS) is 27.9. The van der Waals surface area contributed by atoms with Gasteiger partial charge in [0.25, 0.3) is 0 Å². The van der Waals surface area contributed by atoms with Gasteiger partial charge < -0.3 is 9.42 Å². The van der Waals surface area contributed by atoms with Crippen molar-refractivity contribution in [3.05, 3.63) is 11.7 Å². The summed E-state index contributed by atoms with van der Waals surface area (Å²) in [7, 11) is -3.29. The lowest BCUT2D eigenvalue weighted by molar-refractivity contribution is -0.133. The number of nitrogens with zero attached hydrogens (tertiary/aromatic N) is 4. The van der Waals surface area contributed by atoms with Crippen LogP contribution in [0.2, 0.25) is 0 Å². The van der Waals surface area contributed by atoms with Gasteiger partial charge in [0, 0.05) is 38.0 Å². The van der Waals surface area contributed by atoms with E-state index in [-0.39, 0.29) is 30.0 Å². The van der Waals surface area contributed by atoms with Gasteiger partial charge in [0.2, 0.25) is 21.8 Å². The number of rotatable bonds is 4. The lowest BCUT2D eigenvalue weighted by Crippen LogP contribution is -2.42. The fraction of sp³-hybridized carbons (Fsp3) is 0.800. The molecule has 1 amide bonds. The summed E-state index contributed by atoms with van der Waals surface area (Å²) in [4.78, 5) is 18.6. The van der Waals surface area contributed by atoms with Gasteiger partial charge in [-0.05, 0) is 13.8 Å². The van der Waals surface area contributed by atoms with Crippen LogP contribution in [0, 0.1) is 18.8 Å². The summed E-state index contributed by atoms with van der Waals surface area (Å²) in [6.45, 7) is 8.74. The highest BCUT2D eigenvalue weighted by Crippen LogP contribution is 2.45. The Labute approximate surface area is 142 Å². The minimum absolute atomic E-state index is 0.0265. The number of aryl methyl sites for hydroxylation is 1. The van der Waals surface area contributed by atoms with E-state index >= 15 is 0 Å². The molecule has 1 aromatic heterocycles. The van der Waals surface area contributed by atoms with Gasteiger partial charge in [-0.15, -0.1) is 0 Å². The van der Waals surface area contributed by atoms with Gasteiger partial charge in [0.05, 0.1) is 11.2 Å². The van der Waals surface area contributed by atoms with Crippen molar-refractivity contribution in [2.24, 2.45) is 11.8 Å². The van der Waals surface area contributed by atoms with Crippen molar-refractivity contribution in [1.82, 2.24) is 19.3 Å². The summed E-state index contributed by atoms with van der Waals surface area (Å²) >= 11 is 0. The lowest BCUT2D eigenvalue weighted by atomic mass is 9.81. The van der Waals surface area contributed by atoms with E-state index in [1.54, 1.807) is 13.8 Å². The second kappa shape index (κ2) is 5.80. The molecule has 0 N–H and O–H groups in total. The second-order valence-electron chi connectivity index (χ2n) is 7.07. The Hall–Kier alpha value is -1.48. The third kappa shape index (κ3) is 2.63. The summed E-state index contributed by atoms with van der Waals surface area (Å²) in [6, 6.07) is 0. The second-order valence-corrected chi connectivity index (χ2v) is 9.32. The van der Waals surface area contributed by atoms with E-state index in [4.69, 9.17) is 4.52 Å². The van der Waals surface area contributed by atoms with Crippen LogP contribution in [0.25, 0.3) is 0 Å². The van der Waals surface area contributed by atoms with E-state index in [2.05, 4.69) is 10.1 Å². The van der Waals surface area contributed by atoms with Crippen molar-refractivity contribution in [3.63, 3.8) is 0 Å². The van der Waals surface area contributed by atoms with E-state index in [1.807, 2.05) is 18.7 Å². The van der Waals surface area contributed by atoms with Crippen LogP contribution >= 0.6 is 0 Å². The third-order valence-corrected chi connectivity index (χ3v) is 6.89. The predicted octanol–water partition coefficient (Wildman–Crippen LogP) is 0.396. The molecule has 2 atom stereocenters. The molecule has 0 unspecified atom stereocenters. The third-order valence-electron chi connectivity index (χ3n) is 5.10. The molecule has 8 nitrogen and oxygen atoms in total. The number of hydrogen-bond acceptors (Lipinski definition) is 6. The monoisotopic (exact) mass is 356 g/mol. The summed E-state index contributed by atoms with van der Waals surface area (Å²) in [6.07, 6.45) is 0. The molecule has 0 radical (unpaired) electrons. The number of hydrogen-bond donors (Lipinski definition) is 0. The molecule has 2 aliphatic heterocycles. The Morgan fingerprint density at radius 3 is 2.62 bits per heavy atom. The standard InChI is InChI=1S/C15H24N4O4S/c1-5-24(21,22)19-7-12-6-18(13(20)10(2)3)8-15(12,9-19)14-16-11(4)17-23-14/h10,12H,5-9H2,1-4H3/t12-,15-/m0/s1. The molecular weight excluding hydrogens is 332 g/mol. The maximum atomic E-state index is 12.4. The van der Waals surface area contributed by atoms with Crippen LogP contribution in [0.15, 0.2) is 4.52 Å². The number of sulfonamides is 1. The molecule has 2 fully saturated rings. The maximum absolute atomic E-state index is 12.4. The Morgan fingerprint density at radius 1 is 1.38 bits per heavy atom.